The molecule has 0 bridgehead atoms. The average molecular weight is 291 g/mol. The summed E-state index contributed by atoms with van der Waals surface area (Å²) in [6, 6.07) is 2.99. The van der Waals surface area contributed by atoms with Gasteiger partial charge in [0.25, 0.3) is 0 Å². The van der Waals surface area contributed by atoms with Gasteiger partial charge in [-0.25, -0.2) is 18.1 Å². The fourth-order valence-corrected chi connectivity index (χ4v) is 3.41. The minimum absolute atomic E-state index is 0.00936. The molecular formula is C11H15ClN2O3S. The molecule has 1 aliphatic rings. The molecule has 100 valence electrons. The maximum absolute atomic E-state index is 12.0. The van der Waals surface area contributed by atoms with E-state index in [4.69, 9.17) is 16.3 Å². The van der Waals surface area contributed by atoms with Crippen LogP contribution in [0.4, 0.5) is 0 Å². The Bertz CT molecular complexity index is 501. The van der Waals surface area contributed by atoms with E-state index in [0.717, 1.165) is 19.4 Å². The summed E-state index contributed by atoms with van der Waals surface area (Å²) in [6.07, 6.45) is 3.40. The molecule has 2 heterocycles. The van der Waals surface area contributed by atoms with Gasteiger partial charge in [-0.2, -0.15) is 0 Å². The predicted octanol–water partition coefficient (Wildman–Crippen LogP) is 1.44. The lowest BCUT2D eigenvalue weighted by Gasteiger charge is -2.22. The summed E-state index contributed by atoms with van der Waals surface area (Å²) in [6.45, 7) is 1.73. The molecule has 0 radical (unpaired) electrons. The smallest absolute Gasteiger partial charge is 0.243 e. The van der Waals surface area contributed by atoms with Gasteiger partial charge in [-0.3, -0.25) is 0 Å². The summed E-state index contributed by atoms with van der Waals surface area (Å²) in [7, 11) is -3.59. The molecule has 1 aromatic heterocycles. The molecule has 1 saturated heterocycles. The van der Waals surface area contributed by atoms with E-state index in [2.05, 4.69) is 9.71 Å². The van der Waals surface area contributed by atoms with E-state index >= 15 is 0 Å². The van der Waals surface area contributed by atoms with Crippen LogP contribution in [-0.4, -0.2) is 33.2 Å². The summed E-state index contributed by atoms with van der Waals surface area (Å²) in [5.41, 5.74) is 0. The fourth-order valence-electron chi connectivity index (χ4n) is 1.85. The molecule has 2 rings (SSSR count). The van der Waals surface area contributed by atoms with E-state index in [0.29, 0.717) is 13.2 Å². The van der Waals surface area contributed by atoms with Crippen molar-refractivity contribution in [2.24, 2.45) is 5.92 Å². The number of hydrogen-bond acceptors (Lipinski definition) is 4. The standard InChI is InChI=1S/C11H15ClN2O3S/c12-11-10(4-1-5-13-11)18(15,16)14-7-9-3-2-6-17-8-9/h1,4-5,9,14H,2-3,6-8H2. The zero-order valence-electron chi connectivity index (χ0n) is 9.80. The molecule has 1 unspecified atom stereocenters. The molecule has 5 nitrogen and oxygen atoms in total. The second-order valence-corrected chi connectivity index (χ2v) is 6.32. The number of nitrogens with one attached hydrogen (secondary N) is 1. The molecule has 7 heteroatoms. The summed E-state index contributed by atoms with van der Waals surface area (Å²) in [4.78, 5) is 3.78. The van der Waals surface area contributed by atoms with Crippen LogP contribution in [0.2, 0.25) is 5.15 Å². The highest BCUT2D eigenvalue weighted by Gasteiger charge is 2.21. The predicted molar refractivity (Wildman–Crippen MR) is 68.0 cm³/mol. The quantitative estimate of drug-likeness (QED) is 0.852. The molecule has 0 saturated carbocycles. The van der Waals surface area contributed by atoms with Crippen LogP contribution < -0.4 is 4.72 Å². The van der Waals surface area contributed by atoms with Crippen molar-refractivity contribution in [1.82, 2.24) is 9.71 Å². The Hall–Kier alpha value is -0.690. The highest BCUT2D eigenvalue weighted by Crippen LogP contribution is 2.18. The van der Waals surface area contributed by atoms with Crippen molar-refractivity contribution in [1.29, 1.82) is 0 Å². The minimum Gasteiger partial charge on any atom is -0.381 e. The number of halogens is 1. The molecule has 0 amide bonds. The van der Waals surface area contributed by atoms with Gasteiger partial charge in [0.2, 0.25) is 10.0 Å². The van der Waals surface area contributed by atoms with E-state index in [1.54, 1.807) is 6.07 Å². The lowest BCUT2D eigenvalue weighted by atomic mass is 10.0. The van der Waals surface area contributed by atoms with Crippen LogP contribution in [0.25, 0.3) is 0 Å². The molecular weight excluding hydrogens is 276 g/mol. The molecule has 1 atom stereocenters. The topological polar surface area (TPSA) is 68.3 Å². The highest BCUT2D eigenvalue weighted by molar-refractivity contribution is 7.89. The first-order valence-corrected chi connectivity index (χ1v) is 7.63. The van der Waals surface area contributed by atoms with Gasteiger partial charge in [0.15, 0.2) is 0 Å². The van der Waals surface area contributed by atoms with Crippen molar-refractivity contribution < 1.29 is 13.2 Å². The molecule has 1 aliphatic heterocycles. The van der Waals surface area contributed by atoms with Gasteiger partial charge in [-0.15, -0.1) is 0 Å². The third-order valence-corrected chi connectivity index (χ3v) is 4.70. The van der Waals surface area contributed by atoms with Crippen LogP contribution in [0.5, 0.6) is 0 Å². The van der Waals surface area contributed by atoms with Crippen LogP contribution in [0.3, 0.4) is 0 Å². The molecule has 18 heavy (non-hydrogen) atoms. The van der Waals surface area contributed by atoms with Gasteiger partial charge < -0.3 is 4.74 Å². The Balaban J connectivity index is 2.01. The number of nitrogens with zero attached hydrogens (tertiary/aromatic N) is 1. The van der Waals surface area contributed by atoms with Crippen molar-refractivity contribution in [3.05, 3.63) is 23.5 Å². The molecule has 1 fully saturated rings. The molecule has 0 aliphatic carbocycles. The van der Waals surface area contributed by atoms with Crippen LogP contribution >= 0.6 is 11.6 Å². The van der Waals surface area contributed by atoms with Crippen molar-refractivity contribution >= 4 is 21.6 Å². The average Bonchev–Trinajstić information content (AvgIpc) is 2.38. The minimum atomic E-state index is -3.59. The number of pyridine rings is 1. The fraction of sp³-hybridized carbons (Fsp3) is 0.545. The van der Waals surface area contributed by atoms with Gasteiger partial charge in [0.1, 0.15) is 10.0 Å². The lowest BCUT2D eigenvalue weighted by molar-refractivity contribution is 0.0568. The van der Waals surface area contributed by atoms with Gasteiger partial charge in [-0.1, -0.05) is 11.6 Å². The molecule has 1 N–H and O–H groups in total. The van der Waals surface area contributed by atoms with E-state index in [9.17, 15) is 8.42 Å². The van der Waals surface area contributed by atoms with Crippen LogP contribution in [0, 0.1) is 5.92 Å². The first-order chi connectivity index (χ1) is 8.59. The van der Waals surface area contributed by atoms with Crippen LogP contribution in [-0.2, 0) is 14.8 Å². The third-order valence-electron chi connectivity index (χ3n) is 2.83. The Labute approximate surface area is 112 Å². The first kappa shape index (κ1) is 13.7. The number of ether oxygens (including phenoxy) is 1. The maximum Gasteiger partial charge on any atom is 0.243 e. The van der Waals surface area contributed by atoms with Crippen molar-refractivity contribution in [3.8, 4) is 0 Å². The Kier molecular flexibility index (Phi) is 4.55. The highest BCUT2D eigenvalue weighted by atomic mass is 35.5. The van der Waals surface area contributed by atoms with E-state index in [1.165, 1.54) is 12.3 Å². The van der Waals surface area contributed by atoms with Gasteiger partial charge in [0.05, 0.1) is 6.61 Å². The van der Waals surface area contributed by atoms with Crippen molar-refractivity contribution in [3.63, 3.8) is 0 Å². The second-order valence-electron chi connectivity index (χ2n) is 4.23. The molecule has 1 aromatic rings. The lowest BCUT2D eigenvalue weighted by Crippen LogP contribution is -2.33. The van der Waals surface area contributed by atoms with Crippen molar-refractivity contribution in [2.75, 3.05) is 19.8 Å². The summed E-state index contributed by atoms with van der Waals surface area (Å²) >= 11 is 5.78. The van der Waals surface area contributed by atoms with Gasteiger partial charge in [-0.05, 0) is 30.9 Å². The van der Waals surface area contributed by atoms with Gasteiger partial charge in [0, 0.05) is 19.3 Å². The Morgan fingerprint density at radius 3 is 3.06 bits per heavy atom. The van der Waals surface area contributed by atoms with E-state index < -0.39 is 10.0 Å². The monoisotopic (exact) mass is 290 g/mol. The SMILES string of the molecule is O=S(=O)(NCC1CCCOC1)c1cccnc1Cl. The molecule has 0 aromatic carbocycles. The number of hydrogen-bond donors (Lipinski definition) is 1. The largest absolute Gasteiger partial charge is 0.381 e. The molecule has 0 spiro atoms. The number of rotatable bonds is 4. The van der Waals surface area contributed by atoms with Gasteiger partial charge >= 0.3 is 0 Å². The Morgan fingerprint density at radius 2 is 2.39 bits per heavy atom. The van der Waals surface area contributed by atoms with E-state index in [-0.39, 0.29) is 16.0 Å². The van der Waals surface area contributed by atoms with E-state index in [1.807, 2.05) is 0 Å². The number of sulfonamides is 1. The summed E-state index contributed by atoms with van der Waals surface area (Å²) < 4.78 is 31.9. The van der Waals surface area contributed by atoms with Crippen LogP contribution in [0.1, 0.15) is 12.8 Å². The number of aromatic nitrogens is 1. The van der Waals surface area contributed by atoms with Crippen molar-refractivity contribution in [2.45, 2.75) is 17.7 Å². The third kappa shape index (κ3) is 3.41. The Morgan fingerprint density at radius 1 is 1.56 bits per heavy atom. The summed E-state index contributed by atoms with van der Waals surface area (Å²) in [5.74, 6) is 0.226. The zero-order valence-corrected chi connectivity index (χ0v) is 11.4. The maximum atomic E-state index is 12.0. The zero-order chi connectivity index (χ0) is 13.0. The first-order valence-electron chi connectivity index (χ1n) is 5.77. The summed E-state index contributed by atoms with van der Waals surface area (Å²) in [5, 5.41) is -0.00936. The normalized spacial score (nSPS) is 20.8. The second kappa shape index (κ2) is 5.97. The van der Waals surface area contributed by atoms with Crippen LogP contribution in [0.15, 0.2) is 23.2 Å².